The zero-order valence-corrected chi connectivity index (χ0v) is 10.8. The van der Waals surface area contributed by atoms with E-state index in [1.165, 1.54) is 24.2 Å². The molecule has 1 aromatic rings. The van der Waals surface area contributed by atoms with Gasteiger partial charge in [-0.2, -0.15) is 0 Å². The SMILES string of the molecule is CCOC(=O)C(NC1CCCC1)c1cncs1. The molecule has 1 aliphatic rings. The lowest BCUT2D eigenvalue weighted by Gasteiger charge is -2.20. The summed E-state index contributed by atoms with van der Waals surface area (Å²) < 4.78 is 5.12. The van der Waals surface area contributed by atoms with Crippen LogP contribution in [0.1, 0.15) is 43.5 Å². The van der Waals surface area contributed by atoms with Crippen LogP contribution >= 0.6 is 11.3 Å². The number of carbonyl (C=O) groups excluding carboxylic acids is 1. The van der Waals surface area contributed by atoms with Crippen LogP contribution in [-0.4, -0.2) is 23.6 Å². The molecule has 1 atom stereocenters. The van der Waals surface area contributed by atoms with Crippen molar-refractivity contribution in [2.24, 2.45) is 0 Å². The highest BCUT2D eigenvalue weighted by Gasteiger charge is 2.27. The van der Waals surface area contributed by atoms with Gasteiger partial charge >= 0.3 is 5.97 Å². The molecule has 1 unspecified atom stereocenters. The van der Waals surface area contributed by atoms with Gasteiger partial charge in [0.25, 0.3) is 0 Å². The van der Waals surface area contributed by atoms with Crippen molar-refractivity contribution in [1.82, 2.24) is 10.3 Å². The van der Waals surface area contributed by atoms with E-state index in [2.05, 4.69) is 10.3 Å². The highest BCUT2D eigenvalue weighted by atomic mass is 32.1. The lowest BCUT2D eigenvalue weighted by molar-refractivity contribution is -0.146. The number of nitrogens with one attached hydrogen (secondary N) is 1. The molecule has 1 saturated carbocycles. The van der Waals surface area contributed by atoms with Crippen molar-refractivity contribution in [2.45, 2.75) is 44.7 Å². The molecular weight excluding hydrogens is 236 g/mol. The number of ether oxygens (including phenoxy) is 1. The van der Waals surface area contributed by atoms with E-state index >= 15 is 0 Å². The van der Waals surface area contributed by atoms with Crippen LogP contribution in [0.5, 0.6) is 0 Å². The molecule has 0 bridgehead atoms. The molecule has 0 aliphatic heterocycles. The molecule has 94 valence electrons. The zero-order chi connectivity index (χ0) is 12.1. The fraction of sp³-hybridized carbons (Fsp3) is 0.667. The van der Waals surface area contributed by atoms with Crippen molar-refractivity contribution >= 4 is 17.3 Å². The number of rotatable bonds is 5. The van der Waals surface area contributed by atoms with Crippen LogP contribution in [0.4, 0.5) is 0 Å². The first kappa shape index (κ1) is 12.5. The Morgan fingerprint density at radius 2 is 2.41 bits per heavy atom. The van der Waals surface area contributed by atoms with Crippen molar-refractivity contribution in [1.29, 1.82) is 0 Å². The van der Waals surface area contributed by atoms with E-state index < -0.39 is 0 Å². The highest BCUT2D eigenvalue weighted by Crippen LogP contribution is 2.24. The minimum Gasteiger partial charge on any atom is -0.465 e. The normalized spacial score (nSPS) is 18.2. The molecule has 1 N–H and O–H groups in total. The van der Waals surface area contributed by atoms with Crippen LogP contribution < -0.4 is 5.32 Å². The van der Waals surface area contributed by atoms with Crippen LogP contribution in [0.15, 0.2) is 11.7 Å². The summed E-state index contributed by atoms with van der Waals surface area (Å²) in [5.74, 6) is -0.191. The van der Waals surface area contributed by atoms with E-state index in [0.717, 1.165) is 17.7 Å². The van der Waals surface area contributed by atoms with Crippen molar-refractivity contribution in [3.8, 4) is 0 Å². The molecule has 0 saturated heterocycles. The fourth-order valence-electron chi connectivity index (χ4n) is 2.19. The van der Waals surface area contributed by atoms with E-state index in [1.807, 2.05) is 6.92 Å². The van der Waals surface area contributed by atoms with Crippen molar-refractivity contribution in [3.05, 3.63) is 16.6 Å². The van der Waals surface area contributed by atoms with E-state index in [4.69, 9.17) is 4.74 Å². The van der Waals surface area contributed by atoms with Gasteiger partial charge in [0.2, 0.25) is 0 Å². The predicted molar refractivity (Wildman–Crippen MR) is 66.9 cm³/mol. The van der Waals surface area contributed by atoms with Crippen LogP contribution in [0, 0.1) is 0 Å². The lowest BCUT2D eigenvalue weighted by atomic mass is 10.2. The topological polar surface area (TPSA) is 51.2 Å². The van der Waals surface area contributed by atoms with Gasteiger partial charge in [0, 0.05) is 12.2 Å². The Hall–Kier alpha value is -0.940. The Kier molecular flexibility index (Phi) is 4.50. The Labute approximate surface area is 105 Å². The van der Waals surface area contributed by atoms with Crippen LogP contribution in [-0.2, 0) is 9.53 Å². The number of hydrogen-bond acceptors (Lipinski definition) is 5. The molecule has 4 nitrogen and oxygen atoms in total. The second kappa shape index (κ2) is 6.12. The van der Waals surface area contributed by atoms with Gasteiger partial charge in [-0.1, -0.05) is 12.8 Å². The van der Waals surface area contributed by atoms with Gasteiger partial charge in [-0.05, 0) is 19.8 Å². The van der Waals surface area contributed by atoms with Gasteiger partial charge in [0.05, 0.1) is 17.0 Å². The summed E-state index contributed by atoms with van der Waals surface area (Å²) in [4.78, 5) is 16.9. The first-order chi connectivity index (χ1) is 8.31. The quantitative estimate of drug-likeness (QED) is 0.819. The third-order valence-electron chi connectivity index (χ3n) is 3.02. The standard InChI is InChI=1S/C12H18N2O2S/c1-2-16-12(15)11(10-7-13-8-17-10)14-9-5-3-4-6-9/h7-9,11,14H,2-6H2,1H3. The molecule has 2 rings (SSSR count). The average molecular weight is 254 g/mol. The maximum Gasteiger partial charge on any atom is 0.328 e. The fourth-order valence-corrected chi connectivity index (χ4v) is 2.85. The second-order valence-corrected chi connectivity index (χ2v) is 5.15. The maximum atomic E-state index is 11.9. The van der Waals surface area contributed by atoms with Crippen molar-refractivity contribution in [2.75, 3.05) is 6.61 Å². The molecule has 0 aromatic carbocycles. The molecule has 1 fully saturated rings. The molecule has 5 heteroatoms. The summed E-state index contributed by atoms with van der Waals surface area (Å²) in [7, 11) is 0. The monoisotopic (exact) mass is 254 g/mol. The highest BCUT2D eigenvalue weighted by molar-refractivity contribution is 7.09. The zero-order valence-electron chi connectivity index (χ0n) is 10.0. The Bertz CT molecular complexity index is 347. The molecule has 17 heavy (non-hydrogen) atoms. The van der Waals surface area contributed by atoms with Gasteiger partial charge in [-0.3, -0.25) is 10.3 Å². The van der Waals surface area contributed by atoms with Gasteiger partial charge in [0.15, 0.2) is 0 Å². The second-order valence-electron chi connectivity index (χ2n) is 4.24. The van der Waals surface area contributed by atoms with E-state index in [1.54, 1.807) is 11.7 Å². The summed E-state index contributed by atoms with van der Waals surface area (Å²) in [6.45, 7) is 2.25. The summed E-state index contributed by atoms with van der Waals surface area (Å²) in [5.41, 5.74) is 1.75. The largest absolute Gasteiger partial charge is 0.465 e. The minimum absolute atomic E-state index is 0.191. The van der Waals surface area contributed by atoms with Crippen molar-refractivity contribution in [3.63, 3.8) is 0 Å². The molecule has 0 radical (unpaired) electrons. The van der Waals surface area contributed by atoms with Gasteiger partial charge in [0.1, 0.15) is 6.04 Å². The van der Waals surface area contributed by atoms with Gasteiger partial charge < -0.3 is 4.74 Å². The number of aromatic nitrogens is 1. The summed E-state index contributed by atoms with van der Waals surface area (Å²) in [6.07, 6.45) is 6.53. The number of thiazole rings is 1. The number of carbonyl (C=O) groups is 1. The summed E-state index contributed by atoms with van der Waals surface area (Å²) in [6, 6.07) is 0.0945. The van der Waals surface area contributed by atoms with E-state index in [0.29, 0.717) is 12.6 Å². The molecule has 0 amide bonds. The third kappa shape index (κ3) is 3.26. The average Bonchev–Trinajstić information content (AvgIpc) is 2.99. The Balaban J connectivity index is 2.03. The van der Waals surface area contributed by atoms with Crippen LogP contribution in [0.2, 0.25) is 0 Å². The van der Waals surface area contributed by atoms with E-state index in [9.17, 15) is 4.79 Å². The van der Waals surface area contributed by atoms with Gasteiger partial charge in [-0.15, -0.1) is 11.3 Å². The smallest absolute Gasteiger partial charge is 0.328 e. The lowest BCUT2D eigenvalue weighted by Crippen LogP contribution is -2.36. The van der Waals surface area contributed by atoms with Crippen molar-refractivity contribution < 1.29 is 9.53 Å². The maximum absolute atomic E-state index is 11.9. The molecule has 1 heterocycles. The molecule has 1 aromatic heterocycles. The van der Waals surface area contributed by atoms with E-state index in [-0.39, 0.29) is 12.0 Å². The van der Waals surface area contributed by atoms with Crippen LogP contribution in [0.3, 0.4) is 0 Å². The number of hydrogen-bond donors (Lipinski definition) is 1. The van der Waals surface area contributed by atoms with Gasteiger partial charge in [-0.25, -0.2) is 4.79 Å². The van der Waals surface area contributed by atoms with Crippen LogP contribution in [0.25, 0.3) is 0 Å². The molecule has 1 aliphatic carbocycles. The Morgan fingerprint density at radius 1 is 1.65 bits per heavy atom. The first-order valence-corrected chi connectivity index (χ1v) is 7.00. The first-order valence-electron chi connectivity index (χ1n) is 6.12. The minimum atomic E-state index is -0.342. The number of esters is 1. The third-order valence-corrected chi connectivity index (χ3v) is 3.86. The molecule has 0 spiro atoms. The summed E-state index contributed by atoms with van der Waals surface area (Å²) >= 11 is 1.49. The Morgan fingerprint density at radius 3 is 3.00 bits per heavy atom. The predicted octanol–water partition coefficient (Wildman–Crippen LogP) is 2.28. The number of nitrogens with zero attached hydrogens (tertiary/aromatic N) is 1. The summed E-state index contributed by atoms with van der Waals surface area (Å²) in [5, 5.41) is 3.40. The molecular formula is C12H18N2O2S.